The van der Waals surface area contributed by atoms with Crippen LogP contribution in [0.3, 0.4) is 0 Å². The van der Waals surface area contributed by atoms with Gasteiger partial charge in [-0.05, 0) is 12.0 Å². The molecule has 0 aliphatic carbocycles. The van der Waals surface area contributed by atoms with Crippen LogP contribution in [0.25, 0.3) is 11.0 Å². The van der Waals surface area contributed by atoms with Crippen molar-refractivity contribution >= 4 is 22.7 Å². The van der Waals surface area contributed by atoms with Gasteiger partial charge in [-0.2, -0.15) is 15.2 Å². The number of anilines is 2. The summed E-state index contributed by atoms with van der Waals surface area (Å²) in [5.74, 6) is 0.539. The first-order valence-corrected chi connectivity index (χ1v) is 7.76. The van der Waals surface area contributed by atoms with E-state index in [1.165, 1.54) is 5.56 Å². The maximum Gasteiger partial charge on any atom is 0.229 e. The first-order chi connectivity index (χ1) is 11.8. The third-order valence-corrected chi connectivity index (χ3v) is 3.79. The van der Waals surface area contributed by atoms with Gasteiger partial charge in [0.25, 0.3) is 0 Å². The molecule has 0 amide bonds. The summed E-state index contributed by atoms with van der Waals surface area (Å²) in [5.41, 5.74) is 2.96. The summed E-state index contributed by atoms with van der Waals surface area (Å²) >= 11 is 0. The minimum atomic E-state index is 0.539. The highest BCUT2D eigenvalue weighted by molar-refractivity contribution is 5.75. The lowest BCUT2D eigenvalue weighted by atomic mass is 10.1. The molecule has 0 radical (unpaired) electrons. The summed E-state index contributed by atoms with van der Waals surface area (Å²) in [5, 5.41) is 12.7. The molecular formula is C17H17N7. The van der Waals surface area contributed by atoms with Gasteiger partial charge in [-0.1, -0.05) is 30.3 Å². The van der Waals surface area contributed by atoms with Crippen LogP contribution >= 0.6 is 0 Å². The van der Waals surface area contributed by atoms with Crippen molar-refractivity contribution in [1.82, 2.24) is 29.5 Å². The standard InChI is InChI=1S/C17H17N7/c1-23-12-15(11-19-23)21-17-18-9-14-10-20-24(16(14)22-17)8-7-13-5-3-2-4-6-13/h2-6,9-12H,7-8H2,1H3,(H,18,21,22). The fourth-order valence-corrected chi connectivity index (χ4v) is 2.58. The van der Waals surface area contributed by atoms with Gasteiger partial charge in [-0.25, -0.2) is 9.67 Å². The van der Waals surface area contributed by atoms with E-state index in [4.69, 9.17) is 0 Å². The van der Waals surface area contributed by atoms with Crippen LogP contribution in [0.4, 0.5) is 11.6 Å². The van der Waals surface area contributed by atoms with E-state index in [1.807, 2.05) is 24.0 Å². The number of benzene rings is 1. The minimum absolute atomic E-state index is 0.539. The average molecular weight is 319 g/mol. The van der Waals surface area contributed by atoms with Crippen LogP contribution in [0, 0.1) is 0 Å². The SMILES string of the molecule is Cn1cc(Nc2ncc3cnn(CCc4ccccc4)c3n2)cn1. The summed E-state index contributed by atoms with van der Waals surface area (Å²) in [6, 6.07) is 10.4. The first-order valence-electron chi connectivity index (χ1n) is 7.76. The van der Waals surface area contributed by atoms with Gasteiger partial charge in [0.1, 0.15) is 0 Å². The lowest BCUT2D eigenvalue weighted by Crippen LogP contribution is -2.05. The maximum atomic E-state index is 4.59. The fraction of sp³-hybridized carbons (Fsp3) is 0.176. The molecule has 7 nitrogen and oxygen atoms in total. The molecule has 0 bridgehead atoms. The first kappa shape index (κ1) is 14.4. The Kier molecular flexibility index (Phi) is 3.66. The lowest BCUT2D eigenvalue weighted by Gasteiger charge is -2.05. The lowest BCUT2D eigenvalue weighted by molar-refractivity contribution is 0.630. The van der Waals surface area contributed by atoms with Gasteiger partial charge in [0.05, 0.1) is 23.5 Å². The maximum absolute atomic E-state index is 4.59. The van der Waals surface area contributed by atoms with E-state index >= 15 is 0 Å². The molecule has 3 aromatic heterocycles. The van der Waals surface area contributed by atoms with E-state index in [2.05, 4.69) is 49.7 Å². The zero-order valence-electron chi connectivity index (χ0n) is 13.3. The Bertz CT molecular complexity index is 955. The van der Waals surface area contributed by atoms with Gasteiger partial charge in [0, 0.05) is 26.0 Å². The summed E-state index contributed by atoms with van der Waals surface area (Å²) in [6.45, 7) is 0.775. The molecule has 120 valence electrons. The number of aryl methyl sites for hydroxylation is 3. The van der Waals surface area contributed by atoms with E-state index in [0.717, 1.165) is 29.7 Å². The molecule has 3 heterocycles. The van der Waals surface area contributed by atoms with Crippen LogP contribution in [-0.4, -0.2) is 29.5 Å². The molecule has 0 fully saturated rings. The highest BCUT2D eigenvalue weighted by Gasteiger charge is 2.08. The Balaban J connectivity index is 1.56. The second kappa shape index (κ2) is 6.11. The third kappa shape index (κ3) is 2.96. The van der Waals surface area contributed by atoms with Crippen LogP contribution in [0.1, 0.15) is 5.56 Å². The molecule has 0 aliphatic heterocycles. The van der Waals surface area contributed by atoms with Crippen molar-refractivity contribution in [1.29, 1.82) is 0 Å². The highest BCUT2D eigenvalue weighted by Crippen LogP contribution is 2.16. The predicted octanol–water partition coefficient (Wildman–Crippen LogP) is 2.55. The molecule has 0 atom stereocenters. The molecule has 0 unspecified atom stereocenters. The molecule has 0 aliphatic rings. The molecular weight excluding hydrogens is 302 g/mol. The normalized spacial score (nSPS) is 11.0. The van der Waals surface area contributed by atoms with Crippen molar-refractivity contribution in [2.75, 3.05) is 5.32 Å². The van der Waals surface area contributed by atoms with E-state index in [0.29, 0.717) is 5.95 Å². The number of aromatic nitrogens is 6. The molecule has 1 N–H and O–H groups in total. The number of hydrogen-bond acceptors (Lipinski definition) is 5. The van der Waals surface area contributed by atoms with E-state index in [9.17, 15) is 0 Å². The number of rotatable bonds is 5. The molecule has 0 saturated carbocycles. The van der Waals surface area contributed by atoms with Crippen molar-refractivity contribution in [2.24, 2.45) is 7.05 Å². The number of hydrogen-bond donors (Lipinski definition) is 1. The van der Waals surface area contributed by atoms with Crippen molar-refractivity contribution < 1.29 is 0 Å². The van der Waals surface area contributed by atoms with Crippen LogP contribution in [0.5, 0.6) is 0 Å². The molecule has 0 saturated heterocycles. The molecule has 24 heavy (non-hydrogen) atoms. The summed E-state index contributed by atoms with van der Waals surface area (Å²) in [7, 11) is 1.87. The summed E-state index contributed by atoms with van der Waals surface area (Å²) in [4.78, 5) is 8.92. The zero-order chi connectivity index (χ0) is 16.4. The Morgan fingerprint density at radius 3 is 2.71 bits per heavy atom. The topological polar surface area (TPSA) is 73.5 Å². The molecule has 7 heteroatoms. The van der Waals surface area contributed by atoms with Crippen LogP contribution in [0.2, 0.25) is 0 Å². The quantitative estimate of drug-likeness (QED) is 0.612. The van der Waals surface area contributed by atoms with Gasteiger partial charge in [0.15, 0.2) is 5.65 Å². The van der Waals surface area contributed by atoms with Gasteiger partial charge in [-0.15, -0.1) is 0 Å². The van der Waals surface area contributed by atoms with Crippen molar-refractivity contribution in [3.63, 3.8) is 0 Å². The Labute approximate surface area is 139 Å². The Morgan fingerprint density at radius 1 is 1.04 bits per heavy atom. The van der Waals surface area contributed by atoms with Crippen molar-refractivity contribution in [2.45, 2.75) is 13.0 Å². The Hall–Kier alpha value is -3.22. The van der Waals surface area contributed by atoms with Crippen molar-refractivity contribution in [3.05, 3.63) is 60.7 Å². The summed E-state index contributed by atoms with van der Waals surface area (Å²) < 4.78 is 3.64. The van der Waals surface area contributed by atoms with Crippen LogP contribution in [-0.2, 0) is 20.0 Å². The molecule has 0 spiro atoms. The van der Waals surface area contributed by atoms with Gasteiger partial charge in [-0.3, -0.25) is 4.68 Å². The zero-order valence-corrected chi connectivity index (χ0v) is 13.3. The van der Waals surface area contributed by atoms with Crippen molar-refractivity contribution in [3.8, 4) is 0 Å². The third-order valence-electron chi connectivity index (χ3n) is 3.79. The van der Waals surface area contributed by atoms with E-state index in [-0.39, 0.29) is 0 Å². The highest BCUT2D eigenvalue weighted by atomic mass is 15.3. The van der Waals surface area contributed by atoms with Gasteiger partial charge < -0.3 is 5.32 Å². The van der Waals surface area contributed by atoms with Crippen LogP contribution in [0.15, 0.2) is 55.1 Å². The monoisotopic (exact) mass is 319 g/mol. The Morgan fingerprint density at radius 2 is 1.92 bits per heavy atom. The molecule has 4 aromatic rings. The predicted molar refractivity (Wildman–Crippen MR) is 92.0 cm³/mol. The second-order valence-corrected chi connectivity index (χ2v) is 5.60. The smallest absolute Gasteiger partial charge is 0.229 e. The van der Waals surface area contributed by atoms with Crippen LogP contribution < -0.4 is 5.32 Å². The molecule has 1 aromatic carbocycles. The molecule has 4 rings (SSSR count). The number of fused-ring (bicyclic) bond motifs is 1. The van der Waals surface area contributed by atoms with E-state index < -0.39 is 0 Å². The minimum Gasteiger partial charge on any atom is -0.321 e. The largest absolute Gasteiger partial charge is 0.321 e. The van der Waals surface area contributed by atoms with Gasteiger partial charge in [0.2, 0.25) is 5.95 Å². The average Bonchev–Trinajstić information content (AvgIpc) is 3.20. The number of nitrogens with one attached hydrogen (secondary N) is 1. The van der Waals surface area contributed by atoms with E-state index in [1.54, 1.807) is 23.3 Å². The number of nitrogens with zero attached hydrogens (tertiary/aromatic N) is 6. The fourth-order valence-electron chi connectivity index (χ4n) is 2.58. The summed E-state index contributed by atoms with van der Waals surface area (Å²) in [6.07, 6.45) is 8.11. The second-order valence-electron chi connectivity index (χ2n) is 5.60. The van der Waals surface area contributed by atoms with Gasteiger partial charge >= 0.3 is 0 Å².